The van der Waals surface area contributed by atoms with Crippen LogP contribution in [0.15, 0.2) is 18.2 Å². The van der Waals surface area contributed by atoms with Gasteiger partial charge < -0.3 is 5.11 Å². The lowest BCUT2D eigenvalue weighted by atomic mass is 9.42. The molecule has 0 aliphatic heterocycles. The second-order valence-electron chi connectivity index (χ2n) is 14.8. The summed E-state index contributed by atoms with van der Waals surface area (Å²) in [6, 6.07) is 6.07. The number of aliphatic hydroxyl groups excluding tert-OH is 1. The topological polar surface area (TPSA) is 20.2 Å². The molecule has 1 N–H and O–H groups in total. The van der Waals surface area contributed by atoms with E-state index in [4.69, 9.17) is 23.2 Å². The fourth-order valence-electron chi connectivity index (χ4n) is 10.7. The molecule has 0 amide bonds. The number of hydrogen-bond acceptors (Lipinski definition) is 1. The van der Waals surface area contributed by atoms with Gasteiger partial charge in [0.25, 0.3) is 0 Å². The van der Waals surface area contributed by atoms with E-state index in [0.717, 1.165) is 48.3 Å². The Balaban J connectivity index is 1.32. The summed E-state index contributed by atoms with van der Waals surface area (Å²) in [6.07, 6.45) is 15.6. The van der Waals surface area contributed by atoms with E-state index in [1.165, 1.54) is 69.8 Å². The Hall–Kier alpha value is -0.240. The molecule has 1 nitrogen and oxygen atoms in total. The van der Waals surface area contributed by atoms with E-state index in [-0.39, 0.29) is 6.10 Å². The van der Waals surface area contributed by atoms with Crippen molar-refractivity contribution < 1.29 is 5.11 Å². The molecule has 1 aromatic rings. The first-order chi connectivity index (χ1) is 17.5. The van der Waals surface area contributed by atoms with E-state index in [1.54, 1.807) is 0 Å². The third-order valence-electron chi connectivity index (χ3n) is 12.6. The lowest BCUT2D eigenvalue weighted by molar-refractivity contribution is -0.152. The third-order valence-corrected chi connectivity index (χ3v) is 13.3. The molecule has 37 heavy (non-hydrogen) atoms. The molecule has 0 heterocycles. The third kappa shape index (κ3) is 5.17. The molecule has 4 aliphatic rings. The van der Waals surface area contributed by atoms with Crippen molar-refractivity contribution in [1.82, 2.24) is 0 Å². The number of halogens is 2. The Labute approximate surface area is 237 Å². The quantitative estimate of drug-likeness (QED) is 0.360. The summed E-state index contributed by atoms with van der Waals surface area (Å²) >= 11 is 12.6. The molecular weight excluding hydrogens is 495 g/mol. The summed E-state index contributed by atoms with van der Waals surface area (Å²) in [4.78, 5) is 0. The molecule has 0 unspecified atom stereocenters. The maximum atomic E-state index is 11.2. The molecule has 0 bridgehead atoms. The molecule has 0 aromatic heterocycles. The van der Waals surface area contributed by atoms with Gasteiger partial charge in [0.2, 0.25) is 0 Å². The summed E-state index contributed by atoms with van der Waals surface area (Å²) in [6.45, 7) is 12.7. The second-order valence-corrected chi connectivity index (χ2v) is 15.6. The normalized spacial score (nSPS) is 42.2. The highest BCUT2D eigenvalue weighted by Gasteiger charge is 2.61. The van der Waals surface area contributed by atoms with Crippen LogP contribution in [0.3, 0.4) is 0 Å². The molecule has 208 valence electrons. The van der Waals surface area contributed by atoms with Crippen molar-refractivity contribution in [2.75, 3.05) is 0 Å². The van der Waals surface area contributed by atoms with Gasteiger partial charge in [0.05, 0.1) is 16.1 Å². The van der Waals surface area contributed by atoms with E-state index in [2.05, 4.69) is 40.7 Å². The molecule has 10 atom stereocenters. The van der Waals surface area contributed by atoms with Crippen molar-refractivity contribution >= 4 is 23.2 Å². The van der Waals surface area contributed by atoms with Gasteiger partial charge in [-0.25, -0.2) is 0 Å². The molecule has 5 rings (SSSR count). The zero-order chi connectivity index (χ0) is 26.5. The highest BCUT2D eigenvalue weighted by molar-refractivity contribution is 6.42. The highest BCUT2D eigenvalue weighted by atomic mass is 35.5. The largest absolute Gasteiger partial charge is 0.393 e. The van der Waals surface area contributed by atoms with Crippen molar-refractivity contribution in [2.24, 2.45) is 58.2 Å². The van der Waals surface area contributed by atoms with Crippen LogP contribution < -0.4 is 0 Å². The van der Waals surface area contributed by atoms with Gasteiger partial charge in [-0.3, -0.25) is 0 Å². The van der Waals surface area contributed by atoms with E-state index in [0.29, 0.717) is 32.7 Å². The number of aliphatic hydroxyl groups is 1. The predicted octanol–water partition coefficient (Wildman–Crippen LogP) is 10.2. The smallest absolute Gasteiger partial charge is 0.0595 e. The van der Waals surface area contributed by atoms with Crippen LogP contribution >= 0.6 is 23.2 Å². The molecule has 0 saturated heterocycles. The number of hydrogen-bond donors (Lipinski definition) is 1. The van der Waals surface area contributed by atoms with Crippen LogP contribution in [0, 0.1) is 58.2 Å². The first kappa shape index (κ1) is 28.3. The summed E-state index contributed by atoms with van der Waals surface area (Å²) in [5.41, 5.74) is 2.15. The van der Waals surface area contributed by atoms with Crippen LogP contribution in [-0.4, -0.2) is 11.2 Å². The van der Waals surface area contributed by atoms with Crippen LogP contribution in [0.1, 0.15) is 111 Å². The average Bonchev–Trinajstić information content (AvgIpc) is 3.20. The van der Waals surface area contributed by atoms with Crippen molar-refractivity contribution in [3.8, 4) is 0 Å². The van der Waals surface area contributed by atoms with Crippen molar-refractivity contribution in [1.29, 1.82) is 0 Å². The molecule has 0 radical (unpaired) electrons. The van der Waals surface area contributed by atoms with Gasteiger partial charge in [-0.15, -0.1) is 0 Å². The van der Waals surface area contributed by atoms with Crippen LogP contribution in [-0.2, 0) is 6.42 Å². The minimum absolute atomic E-state index is 0.194. The molecule has 4 fully saturated rings. The van der Waals surface area contributed by atoms with E-state index in [9.17, 15) is 5.11 Å². The second kappa shape index (κ2) is 11.0. The van der Waals surface area contributed by atoms with E-state index >= 15 is 0 Å². The van der Waals surface area contributed by atoms with E-state index < -0.39 is 0 Å². The SMILES string of the molecule is CC(C)CCC[C@@H](C)[C@H]1CC[C@H]2[C@@H]3CC[C@H]4[C@H](Cc5ccc(Cl)c(Cl)c5)[C@H](O)CC[C@]4(C)[C@H]3CC[C@]12C. The van der Waals surface area contributed by atoms with Crippen molar-refractivity contribution in [2.45, 2.75) is 118 Å². The molecule has 0 spiro atoms. The summed E-state index contributed by atoms with van der Waals surface area (Å²) in [5.74, 6) is 6.23. The molecule has 4 saturated carbocycles. The first-order valence-electron chi connectivity index (χ1n) is 15.7. The van der Waals surface area contributed by atoms with Crippen LogP contribution in [0.25, 0.3) is 0 Å². The zero-order valence-corrected chi connectivity index (χ0v) is 25.6. The Morgan fingerprint density at radius 3 is 2.27 bits per heavy atom. The van der Waals surface area contributed by atoms with Gasteiger partial charge >= 0.3 is 0 Å². The van der Waals surface area contributed by atoms with Crippen LogP contribution in [0.5, 0.6) is 0 Å². The number of benzene rings is 1. The first-order valence-corrected chi connectivity index (χ1v) is 16.4. The van der Waals surface area contributed by atoms with Gasteiger partial charge in [0, 0.05) is 0 Å². The average molecular weight is 548 g/mol. The minimum Gasteiger partial charge on any atom is -0.393 e. The Morgan fingerprint density at radius 1 is 0.838 bits per heavy atom. The number of rotatable bonds is 7. The fraction of sp³-hybridized carbons (Fsp3) is 0.824. The lowest BCUT2D eigenvalue weighted by Gasteiger charge is -2.63. The van der Waals surface area contributed by atoms with Crippen molar-refractivity contribution in [3.05, 3.63) is 33.8 Å². The van der Waals surface area contributed by atoms with E-state index in [1.807, 2.05) is 12.1 Å². The molecule has 4 aliphatic carbocycles. The fourth-order valence-corrected chi connectivity index (χ4v) is 11.1. The van der Waals surface area contributed by atoms with Crippen molar-refractivity contribution in [3.63, 3.8) is 0 Å². The van der Waals surface area contributed by atoms with Gasteiger partial charge in [0.1, 0.15) is 0 Å². The maximum absolute atomic E-state index is 11.2. The van der Waals surface area contributed by atoms with Gasteiger partial charge in [-0.05, 0) is 134 Å². The maximum Gasteiger partial charge on any atom is 0.0595 e. The predicted molar refractivity (Wildman–Crippen MR) is 158 cm³/mol. The molecule has 1 aromatic carbocycles. The number of fused-ring (bicyclic) bond motifs is 5. The zero-order valence-electron chi connectivity index (χ0n) is 24.1. The standard InChI is InChI=1S/C34H52Cl2O/c1-21(2)7-6-8-22(3)26-12-13-27-24-10-11-28-25(19-23-9-14-30(35)31(36)20-23)32(37)16-18-34(28,5)29(24)15-17-33(26,27)4/h9,14,20-22,24-29,32,37H,6-8,10-13,15-19H2,1-5H3/t22-,24+,25+,26-,27+,28+,29+,32-,33-,34+/m1/s1. The lowest BCUT2D eigenvalue weighted by Crippen LogP contribution is -2.57. The Morgan fingerprint density at radius 2 is 1.54 bits per heavy atom. The summed E-state index contributed by atoms with van der Waals surface area (Å²) in [7, 11) is 0. The summed E-state index contributed by atoms with van der Waals surface area (Å²) in [5, 5.41) is 12.5. The van der Waals surface area contributed by atoms with Gasteiger partial charge in [0.15, 0.2) is 0 Å². The van der Waals surface area contributed by atoms with Crippen LogP contribution in [0.4, 0.5) is 0 Å². The highest BCUT2D eigenvalue weighted by Crippen LogP contribution is 2.69. The molecule has 3 heteroatoms. The Kier molecular flexibility index (Phi) is 8.39. The summed E-state index contributed by atoms with van der Waals surface area (Å²) < 4.78 is 0. The van der Waals surface area contributed by atoms with Gasteiger partial charge in [-0.2, -0.15) is 0 Å². The van der Waals surface area contributed by atoms with Crippen LogP contribution in [0.2, 0.25) is 10.0 Å². The Bertz CT molecular complexity index is 944. The van der Waals surface area contributed by atoms with Gasteiger partial charge in [-0.1, -0.05) is 83.1 Å². The molecular formula is C34H52Cl2O. The monoisotopic (exact) mass is 546 g/mol. The minimum atomic E-state index is -0.194.